The van der Waals surface area contributed by atoms with Gasteiger partial charge in [0.1, 0.15) is 5.76 Å². The molecule has 1 radical (unpaired) electrons. The molecule has 0 atom stereocenters. The van der Waals surface area contributed by atoms with E-state index >= 15 is 0 Å². The summed E-state index contributed by atoms with van der Waals surface area (Å²) in [6.07, 6.45) is 4.85. The number of hydrogen-bond acceptors (Lipinski definition) is 1. The molecule has 1 aromatic carbocycles. The van der Waals surface area contributed by atoms with Crippen molar-refractivity contribution in [2.24, 2.45) is 0 Å². The molecule has 15 heavy (non-hydrogen) atoms. The Bertz CT molecular complexity index is 400. The highest BCUT2D eigenvalue weighted by molar-refractivity contribution is 5.62. The highest BCUT2D eigenvalue weighted by Gasteiger charge is 2.02. The number of unbranched alkanes of at least 4 members (excludes halogenated alkanes) is 1. The van der Waals surface area contributed by atoms with Crippen molar-refractivity contribution >= 4 is 0 Å². The summed E-state index contributed by atoms with van der Waals surface area (Å²) in [7, 11) is 0. The maximum absolute atomic E-state index is 5.49. The van der Waals surface area contributed by atoms with Gasteiger partial charge in [-0.15, -0.1) is 0 Å². The summed E-state index contributed by atoms with van der Waals surface area (Å²) < 4.78 is 5.49. The zero-order valence-corrected chi connectivity index (χ0v) is 8.78. The SMILES string of the molecule is [CH2]CCCc1cc(-c2ccccc2)co1. The third-order valence-electron chi connectivity index (χ3n) is 2.43. The van der Waals surface area contributed by atoms with Crippen LogP contribution in [0.4, 0.5) is 0 Å². The van der Waals surface area contributed by atoms with E-state index in [0.29, 0.717) is 0 Å². The molecule has 2 rings (SSSR count). The van der Waals surface area contributed by atoms with Gasteiger partial charge in [-0.2, -0.15) is 0 Å². The van der Waals surface area contributed by atoms with Gasteiger partial charge in [0.15, 0.2) is 0 Å². The number of furan rings is 1. The van der Waals surface area contributed by atoms with Gasteiger partial charge in [0.2, 0.25) is 0 Å². The van der Waals surface area contributed by atoms with E-state index in [0.717, 1.165) is 30.6 Å². The molecule has 0 amide bonds. The summed E-state index contributed by atoms with van der Waals surface area (Å²) in [6.45, 7) is 3.82. The van der Waals surface area contributed by atoms with Gasteiger partial charge in [-0.05, 0) is 18.1 Å². The quantitative estimate of drug-likeness (QED) is 0.722. The normalized spacial score (nSPS) is 10.5. The van der Waals surface area contributed by atoms with Crippen LogP contribution in [0.5, 0.6) is 0 Å². The first-order chi connectivity index (χ1) is 7.40. The molecule has 2 aromatic rings. The van der Waals surface area contributed by atoms with Crippen LogP contribution in [0, 0.1) is 6.92 Å². The third kappa shape index (κ3) is 2.50. The van der Waals surface area contributed by atoms with Gasteiger partial charge < -0.3 is 4.42 Å². The summed E-state index contributed by atoms with van der Waals surface area (Å²) in [6, 6.07) is 12.4. The molecule has 1 heteroatoms. The monoisotopic (exact) mass is 199 g/mol. The van der Waals surface area contributed by atoms with Gasteiger partial charge >= 0.3 is 0 Å². The zero-order chi connectivity index (χ0) is 10.5. The van der Waals surface area contributed by atoms with E-state index in [-0.39, 0.29) is 0 Å². The van der Waals surface area contributed by atoms with Crippen LogP contribution >= 0.6 is 0 Å². The molecule has 1 aromatic heterocycles. The summed E-state index contributed by atoms with van der Waals surface area (Å²) in [5, 5.41) is 0. The fraction of sp³-hybridized carbons (Fsp3) is 0.214. The van der Waals surface area contributed by atoms with Crippen molar-refractivity contribution in [2.45, 2.75) is 19.3 Å². The van der Waals surface area contributed by atoms with Crippen LogP contribution in [0.3, 0.4) is 0 Å². The maximum atomic E-state index is 5.49. The molecule has 77 valence electrons. The van der Waals surface area contributed by atoms with Crippen molar-refractivity contribution in [3.63, 3.8) is 0 Å². The van der Waals surface area contributed by atoms with E-state index in [2.05, 4.69) is 25.1 Å². The molecule has 1 nitrogen and oxygen atoms in total. The molecule has 0 fully saturated rings. The molecule has 1 heterocycles. The molecule has 0 aliphatic heterocycles. The first-order valence-electron chi connectivity index (χ1n) is 5.32. The van der Waals surface area contributed by atoms with E-state index in [1.165, 1.54) is 5.56 Å². The predicted molar refractivity (Wildman–Crippen MR) is 62.4 cm³/mol. The van der Waals surface area contributed by atoms with Gasteiger partial charge in [0.05, 0.1) is 6.26 Å². The standard InChI is InChI=1S/C14H15O/c1-2-3-9-14-10-13(11-15-14)12-7-5-4-6-8-12/h4-8,10-11H,1-3,9H2. The summed E-state index contributed by atoms with van der Waals surface area (Å²) in [5.74, 6) is 1.05. The van der Waals surface area contributed by atoms with Crippen molar-refractivity contribution in [1.29, 1.82) is 0 Å². The van der Waals surface area contributed by atoms with E-state index < -0.39 is 0 Å². The Kier molecular flexibility index (Phi) is 3.23. The Morgan fingerprint density at radius 1 is 1.07 bits per heavy atom. The van der Waals surface area contributed by atoms with E-state index in [9.17, 15) is 0 Å². The number of rotatable bonds is 4. The third-order valence-corrected chi connectivity index (χ3v) is 2.43. The highest BCUT2D eigenvalue weighted by atomic mass is 16.3. The van der Waals surface area contributed by atoms with Crippen LogP contribution in [0.1, 0.15) is 18.6 Å². The molecule has 0 unspecified atom stereocenters. The van der Waals surface area contributed by atoms with Crippen LogP contribution in [0.2, 0.25) is 0 Å². The Morgan fingerprint density at radius 2 is 1.87 bits per heavy atom. The van der Waals surface area contributed by atoms with Crippen LogP contribution < -0.4 is 0 Å². The van der Waals surface area contributed by atoms with Crippen molar-refractivity contribution in [1.82, 2.24) is 0 Å². The van der Waals surface area contributed by atoms with Crippen molar-refractivity contribution in [3.05, 3.63) is 55.3 Å². The van der Waals surface area contributed by atoms with Crippen molar-refractivity contribution in [2.75, 3.05) is 0 Å². The second-order valence-corrected chi connectivity index (χ2v) is 3.62. The molecule has 0 saturated heterocycles. The van der Waals surface area contributed by atoms with E-state index in [1.807, 2.05) is 24.5 Å². The fourth-order valence-electron chi connectivity index (χ4n) is 1.59. The van der Waals surface area contributed by atoms with Crippen LogP contribution in [-0.2, 0) is 6.42 Å². The van der Waals surface area contributed by atoms with Crippen LogP contribution in [-0.4, -0.2) is 0 Å². The summed E-state index contributed by atoms with van der Waals surface area (Å²) in [5.41, 5.74) is 2.37. The molecule has 0 saturated carbocycles. The van der Waals surface area contributed by atoms with Gasteiger partial charge in [0, 0.05) is 12.0 Å². The molecular formula is C14H15O. The van der Waals surface area contributed by atoms with Gasteiger partial charge in [-0.1, -0.05) is 43.7 Å². The molecule has 0 N–H and O–H groups in total. The average molecular weight is 199 g/mol. The number of hydrogen-bond donors (Lipinski definition) is 0. The lowest BCUT2D eigenvalue weighted by Gasteiger charge is -1.93. The minimum atomic E-state index is 0.960. The van der Waals surface area contributed by atoms with E-state index in [4.69, 9.17) is 4.42 Å². The van der Waals surface area contributed by atoms with Gasteiger partial charge in [-0.3, -0.25) is 0 Å². The molecule has 0 aliphatic carbocycles. The second-order valence-electron chi connectivity index (χ2n) is 3.62. The number of aryl methyl sites for hydroxylation is 1. The van der Waals surface area contributed by atoms with Crippen molar-refractivity contribution < 1.29 is 4.42 Å². The smallest absolute Gasteiger partial charge is 0.104 e. The predicted octanol–water partition coefficient (Wildman–Crippen LogP) is 4.10. The lowest BCUT2D eigenvalue weighted by Crippen LogP contribution is -1.79. The number of benzene rings is 1. The lowest BCUT2D eigenvalue weighted by atomic mass is 10.1. The average Bonchev–Trinajstić information content (AvgIpc) is 2.76. The van der Waals surface area contributed by atoms with Crippen molar-refractivity contribution in [3.8, 4) is 11.1 Å². The van der Waals surface area contributed by atoms with Crippen LogP contribution in [0.25, 0.3) is 11.1 Å². The van der Waals surface area contributed by atoms with Gasteiger partial charge in [0.25, 0.3) is 0 Å². The highest BCUT2D eigenvalue weighted by Crippen LogP contribution is 2.22. The molecular weight excluding hydrogens is 184 g/mol. The summed E-state index contributed by atoms with van der Waals surface area (Å²) in [4.78, 5) is 0. The zero-order valence-electron chi connectivity index (χ0n) is 8.78. The molecule has 0 bridgehead atoms. The van der Waals surface area contributed by atoms with E-state index in [1.54, 1.807) is 0 Å². The Morgan fingerprint density at radius 3 is 2.60 bits per heavy atom. The lowest BCUT2D eigenvalue weighted by molar-refractivity contribution is 0.503. The van der Waals surface area contributed by atoms with Gasteiger partial charge in [-0.25, -0.2) is 0 Å². The Labute approximate surface area is 90.7 Å². The largest absolute Gasteiger partial charge is 0.469 e. The minimum absolute atomic E-state index is 0.960. The van der Waals surface area contributed by atoms with Crippen LogP contribution in [0.15, 0.2) is 47.1 Å². The molecule has 0 aliphatic rings. The Balaban J connectivity index is 2.14. The fourth-order valence-corrected chi connectivity index (χ4v) is 1.59. The topological polar surface area (TPSA) is 13.1 Å². The first-order valence-corrected chi connectivity index (χ1v) is 5.32. The minimum Gasteiger partial charge on any atom is -0.469 e. The molecule has 0 spiro atoms. The second kappa shape index (κ2) is 4.83. The first kappa shape index (κ1) is 10.0. The summed E-state index contributed by atoms with van der Waals surface area (Å²) >= 11 is 0. The Hall–Kier alpha value is -1.50. The maximum Gasteiger partial charge on any atom is 0.104 e.